The van der Waals surface area contributed by atoms with Crippen LogP contribution in [-0.4, -0.2) is 18.6 Å². The molecule has 2 heterocycles. The molecule has 1 aromatic carbocycles. The van der Waals surface area contributed by atoms with Crippen LogP contribution in [0.1, 0.15) is 11.3 Å². The molecular formula is C15H15ClFN3. The van der Waals surface area contributed by atoms with Crippen LogP contribution in [0.3, 0.4) is 0 Å². The molecule has 3 nitrogen and oxygen atoms in total. The molecule has 0 bridgehead atoms. The molecular weight excluding hydrogens is 277 g/mol. The van der Waals surface area contributed by atoms with Crippen molar-refractivity contribution in [1.82, 2.24) is 4.98 Å². The highest BCUT2D eigenvalue weighted by Gasteiger charge is 2.21. The first-order chi connectivity index (χ1) is 9.67. The van der Waals surface area contributed by atoms with E-state index >= 15 is 0 Å². The third-order valence-electron chi connectivity index (χ3n) is 3.55. The maximum absolute atomic E-state index is 13.4. The number of aromatic nitrogens is 1. The Balaban J connectivity index is 1.89. The van der Waals surface area contributed by atoms with E-state index in [-0.39, 0.29) is 5.82 Å². The summed E-state index contributed by atoms with van der Waals surface area (Å²) in [5, 5.41) is 3.63. The fraction of sp³-hybridized carbons (Fsp3) is 0.267. The average molecular weight is 292 g/mol. The van der Waals surface area contributed by atoms with Crippen LogP contribution < -0.4 is 10.2 Å². The van der Waals surface area contributed by atoms with Gasteiger partial charge in [0.2, 0.25) is 0 Å². The van der Waals surface area contributed by atoms with E-state index in [1.807, 2.05) is 25.2 Å². The maximum atomic E-state index is 13.4. The van der Waals surface area contributed by atoms with E-state index in [1.165, 1.54) is 11.6 Å². The van der Waals surface area contributed by atoms with Crippen molar-refractivity contribution >= 4 is 23.1 Å². The summed E-state index contributed by atoms with van der Waals surface area (Å²) >= 11 is 6.20. The Kier molecular flexibility index (Phi) is 3.49. The Hall–Kier alpha value is -1.81. The molecule has 0 saturated carbocycles. The number of fused-ring (bicyclic) bond motifs is 1. The minimum Gasteiger partial charge on any atom is -0.373 e. The number of halogens is 2. The van der Waals surface area contributed by atoms with Gasteiger partial charge in [0.1, 0.15) is 11.6 Å². The van der Waals surface area contributed by atoms with Gasteiger partial charge in [0, 0.05) is 19.3 Å². The van der Waals surface area contributed by atoms with E-state index in [1.54, 1.807) is 6.07 Å². The van der Waals surface area contributed by atoms with E-state index < -0.39 is 0 Å². The Labute approximate surface area is 122 Å². The number of anilines is 2. The molecule has 3 rings (SSSR count). The second kappa shape index (κ2) is 5.29. The second-order valence-electron chi connectivity index (χ2n) is 4.82. The molecule has 0 amide bonds. The highest BCUT2D eigenvalue weighted by atomic mass is 35.5. The van der Waals surface area contributed by atoms with Crippen molar-refractivity contribution in [3.63, 3.8) is 0 Å². The lowest BCUT2D eigenvalue weighted by atomic mass is 10.2. The van der Waals surface area contributed by atoms with Crippen LogP contribution in [-0.2, 0) is 13.0 Å². The monoisotopic (exact) mass is 291 g/mol. The molecule has 0 spiro atoms. The predicted octanol–water partition coefficient (Wildman–Crippen LogP) is 3.48. The van der Waals surface area contributed by atoms with Crippen molar-refractivity contribution in [2.24, 2.45) is 0 Å². The van der Waals surface area contributed by atoms with Gasteiger partial charge in [-0.3, -0.25) is 0 Å². The molecule has 0 aliphatic carbocycles. The number of benzene rings is 1. The summed E-state index contributed by atoms with van der Waals surface area (Å²) in [5.74, 6) is 0.571. The minimum absolute atomic E-state index is 0.210. The number of nitrogens with zero attached hydrogens (tertiary/aromatic N) is 2. The molecule has 0 saturated heterocycles. The lowest BCUT2D eigenvalue weighted by Crippen LogP contribution is -2.21. The lowest BCUT2D eigenvalue weighted by molar-refractivity contribution is 0.627. The van der Waals surface area contributed by atoms with Gasteiger partial charge in [0.25, 0.3) is 0 Å². The van der Waals surface area contributed by atoms with Gasteiger partial charge in [-0.2, -0.15) is 0 Å². The molecule has 0 fully saturated rings. The first kappa shape index (κ1) is 13.2. The fourth-order valence-corrected chi connectivity index (χ4v) is 2.66. The molecule has 1 N–H and O–H groups in total. The smallest absolute Gasteiger partial charge is 0.126 e. The standard InChI is InChI=1S/C15H15ClFN3/c1-18-15-5-4-12(16)13(19-15)9-20-7-6-10-2-3-11(17)8-14(10)20/h2-5,8H,6-7,9H2,1H3,(H,18,19). The third kappa shape index (κ3) is 2.43. The summed E-state index contributed by atoms with van der Waals surface area (Å²) in [6.07, 6.45) is 0.930. The zero-order chi connectivity index (χ0) is 14.1. The van der Waals surface area contributed by atoms with Gasteiger partial charge in [-0.25, -0.2) is 9.37 Å². The van der Waals surface area contributed by atoms with Gasteiger partial charge in [0.15, 0.2) is 0 Å². The first-order valence-electron chi connectivity index (χ1n) is 6.54. The summed E-state index contributed by atoms with van der Waals surface area (Å²) in [5.41, 5.74) is 2.92. The summed E-state index contributed by atoms with van der Waals surface area (Å²) in [6.45, 7) is 1.45. The van der Waals surface area contributed by atoms with E-state index in [0.29, 0.717) is 11.6 Å². The number of hydrogen-bond acceptors (Lipinski definition) is 3. The summed E-state index contributed by atoms with van der Waals surface area (Å²) in [4.78, 5) is 6.59. The number of rotatable bonds is 3. The van der Waals surface area contributed by atoms with Gasteiger partial charge < -0.3 is 10.2 Å². The molecule has 0 radical (unpaired) electrons. The summed E-state index contributed by atoms with van der Waals surface area (Å²) in [6, 6.07) is 8.61. The van der Waals surface area contributed by atoms with Gasteiger partial charge in [-0.15, -0.1) is 0 Å². The Morgan fingerprint density at radius 3 is 3.00 bits per heavy atom. The molecule has 104 valence electrons. The molecule has 1 aliphatic heterocycles. The molecule has 20 heavy (non-hydrogen) atoms. The number of hydrogen-bond donors (Lipinski definition) is 1. The Morgan fingerprint density at radius 2 is 2.20 bits per heavy atom. The first-order valence-corrected chi connectivity index (χ1v) is 6.92. The topological polar surface area (TPSA) is 28.2 Å². The molecule has 0 atom stereocenters. The average Bonchev–Trinajstić information content (AvgIpc) is 2.84. The molecule has 1 aromatic heterocycles. The van der Waals surface area contributed by atoms with Gasteiger partial charge >= 0.3 is 0 Å². The summed E-state index contributed by atoms with van der Waals surface area (Å²) < 4.78 is 13.4. The predicted molar refractivity (Wildman–Crippen MR) is 79.9 cm³/mol. The normalized spacial score (nSPS) is 13.4. The van der Waals surface area contributed by atoms with Crippen molar-refractivity contribution in [2.45, 2.75) is 13.0 Å². The molecule has 1 aliphatic rings. The lowest BCUT2D eigenvalue weighted by Gasteiger charge is -2.20. The SMILES string of the molecule is CNc1ccc(Cl)c(CN2CCc3ccc(F)cc32)n1. The molecule has 0 unspecified atom stereocenters. The zero-order valence-corrected chi connectivity index (χ0v) is 11.9. The maximum Gasteiger partial charge on any atom is 0.126 e. The van der Waals surface area contributed by atoms with E-state index in [0.717, 1.165) is 30.2 Å². The second-order valence-corrected chi connectivity index (χ2v) is 5.23. The van der Waals surface area contributed by atoms with Crippen LogP contribution in [0.4, 0.5) is 15.9 Å². The van der Waals surface area contributed by atoms with E-state index in [2.05, 4.69) is 15.2 Å². The highest BCUT2D eigenvalue weighted by Crippen LogP contribution is 2.31. The fourth-order valence-electron chi connectivity index (χ4n) is 2.50. The van der Waals surface area contributed by atoms with Crippen molar-refractivity contribution in [1.29, 1.82) is 0 Å². The zero-order valence-electron chi connectivity index (χ0n) is 11.2. The number of nitrogens with one attached hydrogen (secondary N) is 1. The van der Waals surface area contributed by atoms with Crippen LogP contribution >= 0.6 is 11.6 Å². The highest BCUT2D eigenvalue weighted by molar-refractivity contribution is 6.31. The van der Waals surface area contributed by atoms with Crippen molar-refractivity contribution < 1.29 is 4.39 Å². The van der Waals surface area contributed by atoms with Crippen LogP contribution in [0, 0.1) is 5.82 Å². The third-order valence-corrected chi connectivity index (χ3v) is 3.90. The Morgan fingerprint density at radius 1 is 1.35 bits per heavy atom. The van der Waals surface area contributed by atoms with Crippen LogP contribution in [0.2, 0.25) is 5.02 Å². The van der Waals surface area contributed by atoms with Gasteiger partial charge in [0.05, 0.1) is 17.3 Å². The minimum atomic E-state index is -0.210. The largest absolute Gasteiger partial charge is 0.373 e. The quantitative estimate of drug-likeness (QED) is 0.938. The van der Waals surface area contributed by atoms with Crippen molar-refractivity contribution in [3.8, 4) is 0 Å². The van der Waals surface area contributed by atoms with Gasteiger partial charge in [-0.05, 0) is 36.2 Å². The molecule has 5 heteroatoms. The van der Waals surface area contributed by atoms with Gasteiger partial charge in [-0.1, -0.05) is 17.7 Å². The van der Waals surface area contributed by atoms with Crippen LogP contribution in [0.15, 0.2) is 30.3 Å². The van der Waals surface area contributed by atoms with Crippen molar-refractivity contribution in [2.75, 3.05) is 23.8 Å². The van der Waals surface area contributed by atoms with Crippen LogP contribution in [0.25, 0.3) is 0 Å². The summed E-state index contributed by atoms with van der Waals surface area (Å²) in [7, 11) is 1.82. The number of pyridine rings is 1. The Bertz CT molecular complexity index is 645. The van der Waals surface area contributed by atoms with E-state index in [9.17, 15) is 4.39 Å². The van der Waals surface area contributed by atoms with Crippen LogP contribution in [0.5, 0.6) is 0 Å². The van der Waals surface area contributed by atoms with E-state index in [4.69, 9.17) is 11.6 Å². The molecule has 2 aromatic rings. The van der Waals surface area contributed by atoms with Crippen molar-refractivity contribution in [3.05, 3.63) is 52.4 Å².